The van der Waals surface area contributed by atoms with Gasteiger partial charge in [0.1, 0.15) is 40.0 Å². The lowest BCUT2D eigenvalue weighted by Gasteiger charge is -2.36. The van der Waals surface area contributed by atoms with E-state index in [4.69, 9.17) is 4.74 Å². The van der Waals surface area contributed by atoms with Crippen molar-refractivity contribution in [1.82, 2.24) is 19.9 Å². The van der Waals surface area contributed by atoms with Gasteiger partial charge < -0.3 is 19.3 Å². The van der Waals surface area contributed by atoms with Crippen molar-refractivity contribution in [1.29, 1.82) is 0 Å². The first-order chi connectivity index (χ1) is 21.2. The Hall–Kier alpha value is -4.73. The maximum Gasteiger partial charge on any atom is 0.410 e. The van der Waals surface area contributed by atoms with Gasteiger partial charge in [-0.25, -0.2) is 36.9 Å². The lowest BCUT2D eigenvalue weighted by Crippen LogP contribution is -2.50. The summed E-state index contributed by atoms with van der Waals surface area (Å²) in [6, 6.07) is 8.13. The summed E-state index contributed by atoms with van der Waals surface area (Å²) in [6.07, 6.45) is 2.22. The molecule has 1 N–H and O–H groups in total. The Labute approximate surface area is 255 Å². The van der Waals surface area contributed by atoms with Crippen LogP contribution in [-0.4, -0.2) is 72.8 Å². The van der Waals surface area contributed by atoms with Gasteiger partial charge in [-0.2, -0.15) is 8.78 Å². The average Bonchev–Trinajstić information content (AvgIpc) is 2.96. The van der Waals surface area contributed by atoms with E-state index in [1.54, 1.807) is 43.9 Å². The van der Waals surface area contributed by atoms with Crippen molar-refractivity contribution >= 4 is 38.5 Å². The summed E-state index contributed by atoms with van der Waals surface area (Å²) in [5.41, 5.74) is 0.259. The van der Waals surface area contributed by atoms with E-state index in [1.807, 2.05) is 9.62 Å². The fourth-order valence-electron chi connectivity index (χ4n) is 4.66. The van der Waals surface area contributed by atoms with Gasteiger partial charge in [0.15, 0.2) is 0 Å². The van der Waals surface area contributed by atoms with Crippen molar-refractivity contribution in [2.75, 3.05) is 35.8 Å². The average molecular weight is 649 g/mol. The third-order valence-corrected chi connectivity index (χ3v) is 8.06. The van der Waals surface area contributed by atoms with Crippen molar-refractivity contribution in [2.45, 2.75) is 37.9 Å². The van der Waals surface area contributed by atoms with Gasteiger partial charge in [-0.15, -0.1) is 0 Å². The number of piperazine rings is 1. The molecule has 1 saturated heterocycles. The smallest absolute Gasteiger partial charge is 0.410 e. The Morgan fingerprint density at radius 2 is 1.69 bits per heavy atom. The molecule has 11 nitrogen and oxygen atoms in total. The van der Waals surface area contributed by atoms with Crippen LogP contribution in [-0.2, 0) is 14.8 Å². The highest BCUT2D eigenvalue weighted by molar-refractivity contribution is 7.92. The second-order valence-electron chi connectivity index (χ2n) is 11.0. The maximum absolute atomic E-state index is 14.3. The molecule has 0 unspecified atom stereocenters. The third-order valence-electron chi connectivity index (χ3n) is 6.66. The Balaban J connectivity index is 1.46. The number of nitrogens with zero attached hydrogens (tertiary/aromatic N) is 5. The Morgan fingerprint density at radius 1 is 0.956 bits per heavy atom. The van der Waals surface area contributed by atoms with Crippen LogP contribution in [0.25, 0.3) is 22.0 Å². The van der Waals surface area contributed by atoms with Gasteiger partial charge in [-0.1, -0.05) is 6.07 Å². The molecule has 45 heavy (non-hydrogen) atoms. The third kappa shape index (κ3) is 7.33. The van der Waals surface area contributed by atoms with Crippen LogP contribution in [0, 0.1) is 11.6 Å². The highest BCUT2D eigenvalue weighted by Crippen LogP contribution is 2.34. The van der Waals surface area contributed by atoms with E-state index >= 15 is 0 Å². The minimum absolute atomic E-state index is 0.292. The zero-order chi connectivity index (χ0) is 32.5. The maximum atomic E-state index is 14.3. The second-order valence-corrected chi connectivity index (χ2v) is 12.7. The number of pyridine rings is 1. The lowest BCUT2D eigenvalue weighted by atomic mass is 10.0. The monoisotopic (exact) mass is 648 g/mol. The minimum Gasteiger partial charge on any atom is -0.444 e. The number of rotatable bonds is 7. The SMILES string of the molecule is CC(C)(C)OC(=O)N1CCN(c2ncnc3ccc(-c4cnc(OC(F)F)c(NS(=O)(=O)c5ccc(F)cc5F)c4)cc23)CC1. The summed E-state index contributed by atoms with van der Waals surface area (Å²) in [4.78, 5) is 27.9. The Bertz CT molecular complexity index is 1850. The molecule has 0 saturated carbocycles. The standard InChI is InChI=1S/C29H28F4N6O5S/c1-29(2,3)44-28(40)39-10-8-38(9-11-39)25-20-12-17(4-6-22(20)35-16-36-25)18-13-23(26(34-15-18)43-27(32)33)37-45(41,42)24-7-5-19(30)14-21(24)31/h4-7,12-16,27,37H,8-11H2,1-3H3. The molecule has 1 amide bonds. The lowest BCUT2D eigenvalue weighted by molar-refractivity contribution is -0.0523. The van der Waals surface area contributed by atoms with Crippen LogP contribution in [0.1, 0.15) is 20.8 Å². The summed E-state index contributed by atoms with van der Waals surface area (Å²) in [5.74, 6) is -2.55. The molecular weight excluding hydrogens is 620 g/mol. The molecule has 0 aliphatic carbocycles. The van der Waals surface area contributed by atoms with Crippen molar-refractivity contribution in [3.8, 4) is 17.0 Å². The van der Waals surface area contributed by atoms with Crippen molar-refractivity contribution in [3.63, 3.8) is 0 Å². The predicted octanol–water partition coefficient (Wildman–Crippen LogP) is 5.43. The number of sulfonamides is 1. The van der Waals surface area contributed by atoms with Crippen LogP contribution in [0.4, 0.5) is 33.9 Å². The quantitative estimate of drug-likeness (QED) is 0.261. The van der Waals surface area contributed by atoms with Gasteiger partial charge in [0.25, 0.3) is 10.0 Å². The van der Waals surface area contributed by atoms with Gasteiger partial charge in [0.2, 0.25) is 5.88 Å². The summed E-state index contributed by atoms with van der Waals surface area (Å²) in [7, 11) is -4.72. The molecule has 2 aromatic carbocycles. The van der Waals surface area contributed by atoms with Crippen LogP contribution in [0.5, 0.6) is 5.88 Å². The van der Waals surface area contributed by atoms with E-state index < -0.39 is 56.4 Å². The molecule has 16 heteroatoms. The number of amides is 1. The zero-order valence-electron chi connectivity index (χ0n) is 24.3. The summed E-state index contributed by atoms with van der Waals surface area (Å²) >= 11 is 0. The first kappa shape index (κ1) is 31.7. The highest BCUT2D eigenvalue weighted by Gasteiger charge is 2.28. The van der Waals surface area contributed by atoms with Crippen LogP contribution in [0.2, 0.25) is 0 Å². The number of carbonyl (C=O) groups is 1. The molecule has 1 aliphatic rings. The molecule has 2 aromatic heterocycles. The molecule has 238 valence electrons. The normalized spacial score (nSPS) is 14.1. The molecule has 0 bridgehead atoms. The van der Waals surface area contributed by atoms with E-state index in [2.05, 4.69) is 19.7 Å². The minimum atomic E-state index is -4.72. The number of hydrogen-bond acceptors (Lipinski definition) is 9. The van der Waals surface area contributed by atoms with Gasteiger partial charge in [0.05, 0.1) is 5.52 Å². The van der Waals surface area contributed by atoms with Crippen molar-refractivity contribution < 1.29 is 40.2 Å². The van der Waals surface area contributed by atoms with Gasteiger partial charge >= 0.3 is 12.7 Å². The van der Waals surface area contributed by atoms with Gasteiger partial charge in [-0.05, 0) is 56.7 Å². The molecule has 1 fully saturated rings. The van der Waals surface area contributed by atoms with Crippen LogP contribution in [0.3, 0.4) is 0 Å². The number of halogens is 4. The fourth-order valence-corrected chi connectivity index (χ4v) is 5.76. The number of anilines is 2. The van der Waals surface area contributed by atoms with Crippen LogP contribution in [0.15, 0.2) is 59.9 Å². The largest absolute Gasteiger partial charge is 0.444 e. The number of benzene rings is 2. The highest BCUT2D eigenvalue weighted by atomic mass is 32.2. The van der Waals surface area contributed by atoms with E-state index in [0.717, 1.165) is 6.07 Å². The van der Waals surface area contributed by atoms with Crippen LogP contribution < -0.4 is 14.4 Å². The van der Waals surface area contributed by atoms with Crippen LogP contribution >= 0.6 is 0 Å². The second kappa shape index (κ2) is 12.3. The van der Waals surface area contributed by atoms with Crippen molar-refractivity contribution in [3.05, 3.63) is 66.6 Å². The van der Waals surface area contributed by atoms with Crippen molar-refractivity contribution in [2.24, 2.45) is 0 Å². The number of alkyl halides is 2. The topological polar surface area (TPSA) is 127 Å². The first-order valence-electron chi connectivity index (χ1n) is 13.6. The summed E-state index contributed by atoms with van der Waals surface area (Å²) in [6.45, 7) is 3.76. The summed E-state index contributed by atoms with van der Waals surface area (Å²) in [5, 5.41) is 0.629. The number of fused-ring (bicyclic) bond motifs is 1. The number of aromatic nitrogens is 3. The Morgan fingerprint density at radius 3 is 2.36 bits per heavy atom. The molecule has 0 radical (unpaired) electrons. The number of nitrogens with one attached hydrogen (secondary N) is 1. The number of carbonyl (C=O) groups excluding carboxylic acids is 1. The molecule has 4 aromatic rings. The number of ether oxygens (including phenoxy) is 2. The molecular formula is C29H28F4N6O5S. The number of hydrogen-bond donors (Lipinski definition) is 1. The van der Waals surface area contributed by atoms with E-state index in [1.165, 1.54) is 18.6 Å². The molecule has 1 aliphatic heterocycles. The zero-order valence-corrected chi connectivity index (χ0v) is 25.1. The van der Waals surface area contributed by atoms with E-state index in [9.17, 15) is 30.8 Å². The Kier molecular flexibility index (Phi) is 8.69. The molecule has 3 heterocycles. The van der Waals surface area contributed by atoms with Gasteiger partial charge in [0, 0.05) is 49.4 Å². The summed E-state index contributed by atoms with van der Waals surface area (Å²) < 4.78 is 91.7. The molecule has 0 atom stereocenters. The fraction of sp³-hybridized carbons (Fsp3) is 0.310. The molecule has 5 rings (SSSR count). The van der Waals surface area contributed by atoms with E-state index in [0.29, 0.717) is 66.2 Å². The van der Waals surface area contributed by atoms with Gasteiger partial charge in [-0.3, -0.25) is 4.72 Å². The molecule has 0 spiro atoms. The van der Waals surface area contributed by atoms with E-state index in [-0.39, 0.29) is 0 Å². The predicted molar refractivity (Wildman–Crippen MR) is 157 cm³/mol. The first-order valence-corrected chi connectivity index (χ1v) is 15.1.